The molecule has 8 heteroatoms. The lowest BCUT2D eigenvalue weighted by Crippen LogP contribution is -2.52. The molecule has 2 aliphatic rings. The third kappa shape index (κ3) is 4.23. The molecule has 32 heavy (non-hydrogen) atoms. The number of nitrogens with one attached hydrogen (secondary N) is 1. The molecule has 2 atom stereocenters. The maximum absolute atomic E-state index is 12.9. The molecule has 1 fully saturated rings. The average molecular weight is 453 g/mol. The Labute approximate surface area is 190 Å². The third-order valence-corrected chi connectivity index (χ3v) is 6.80. The number of amides is 2. The summed E-state index contributed by atoms with van der Waals surface area (Å²) in [6.07, 6.45) is 0.979. The topological polar surface area (TPSA) is 95.9 Å². The van der Waals surface area contributed by atoms with E-state index in [4.69, 9.17) is 4.74 Å². The number of alkyl carbamates (subject to hydrolysis) is 1. The van der Waals surface area contributed by atoms with Crippen LogP contribution in [0.1, 0.15) is 23.5 Å². The van der Waals surface area contributed by atoms with Crippen LogP contribution >= 0.6 is 11.8 Å². The normalized spacial score (nSPS) is 17.9. The molecule has 1 unspecified atom stereocenters. The highest BCUT2D eigenvalue weighted by Crippen LogP contribution is 2.44. The van der Waals surface area contributed by atoms with Crippen LogP contribution in [0, 0.1) is 0 Å². The van der Waals surface area contributed by atoms with E-state index >= 15 is 0 Å². The number of rotatable bonds is 7. The molecule has 1 saturated heterocycles. The van der Waals surface area contributed by atoms with Gasteiger partial charge in [0.25, 0.3) is 0 Å². The van der Waals surface area contributed by atoms with Gasteiger partial charge in [-0.25, -0.2) is 9.59 Å². The maximum Gasteiger partial charge on any atom is 0.407 e. The average Bonchev–Trinajstić information content (AvgIpc) is 3.40. The quantitative estimate of drug-likeness (QED) is 0.625. The van der Waals surface area contributed by atoms with Crippen LogP contribution in [0.2, 0.25) is 0 Å². The first-order valence-electron chi connectivity index (χ1n) is 10.3. The summed E-state index contributed by atoms with van der Waals surface area (Å²) in [5.74, 6) is -0.992. The van der Waals surface area contributed by atoms with Gasteiger partial charge < -0.3 is 20.1 Å². The second kappa shape index (κ2) is 9.48. The lowest BCUT2D eigenvalue weighted by atomic mass is 9.98. The van der Waals surface area contributed by atoms with Gasteiger partial charge in [-0.05, 0) is 28.7 Å². The van der Waals surface area contributed by atoms with Crippen molar-refractivity contribution in [2.45, 2.75) is 24.4 Å². The number of aliphatic carboxylic acids is 1. The molecule has 2 aromatic rings. The zero-order chi connectivity index (χ0) is 22.7. The lowest BCUT2D eigenvalue weighted by molar-refractivity contribution is -0.148. The Kier molecular flexibility index (Phi) is 6.50. The van der Waals surface area contributed by atoms with Crippen molar-refractivity contribution in [2.75, 3.05) is 18.2 Å². The lowest BCUT2D eigenvalue weighted by Gasteiger charge is -2.26. The molecule has 2 aromatic carbocycles. The van der Waals surface area contributed by atoms with Gasteiger partial charge in [0.05, 0.1) is 5.88 Å². The minimum atomic E-state index is -1.05. The van der Waals surface area contributed by atoms with Gasteiger partial charge in [0.1, 0.15) is 18.7 Å². The number of hydrogen-bond acceptors (Lipinski definition) is 5. The smallest absolute Gasteiger partial charge is 0.407 e. The Morgan fingerprint density at radius 2 is 1.78 bits per heavy atom. The Bertz CT molecular complexity index is 1010. The first kappa shape index (κ1) is 22.0. The van der Waals surface area contributed by atoms with Crippen molar-refractivity contribution in [1.29, 1.82) is 0 Å². The highest BCUT2D eigenvalue weighted by Gasteiger charge is 2.38. The first-order chi connectivity index (χ1) is 15.5. The number of carboxylic acids is 1. The standard InChI is InChI=1S/C24H24N2O5S/c1-2-7-20(22(27)26-14-32-13-21(26)23(28)29)25-24(30)31-12-19-17-10-5-3-8-15(17)16-9-4-6-11-18(16)19/h2-6,8-11,19-21H,1,7,12-14H2,(H,25,30)(H,28,29)/t20?,21-/m0/s1. The van der Waals surface area contributed by atoms with E-state index in [-0.39, 0.29) is 24.8 Å². The number of carbonyl (C=O) groups is 3. The third-order valence-electron chi connectivity index (χ3n) is 5.79. The van der Waals surface area contributed by atoms with Crippen LogP contribution in [0.3, 0.4) is 0 Å². The summed E-state index contributed by atoms with van der Waals surface area (Å²) >= 11 is 1.37. The van der Waals surface area contributed by atoms with Gasteiger partial charge in [-0.2, -0.15) is 0 Å². The largest absolute Gasteiger partial charge is 0.480 e. The highest BCUT2D eigenvalue weighted by atomic mass is 32.2. The minimum absolute atomic E-state index is 0.0897. The zero-order valence-electron chi connectivity index (χ0n) is 17.4. The van der Waals surface area contributed by atoms with Crippen LogP contribution in [-0.4, -0.2) is 58.3 Å². The van der Waals surface area contributed by atoms with E-state index in [0.29, 0.717) is 5.75 Å². The van der Waals surface area contributed by atoms with Crippen molar-refractivity contribution in [3.8, 4) is 11.1 Å². The Hall–Kier alpha value is -3.26. The fourth-order valence-electron chi connectivity index (χ4n) is 4.24. The minimum Gasteiger partial charge on any atom is -0.480 e. The van der Waals surface area contributed by atoms with Crippen molar-refractivity contribution in [2.24, 2.45) is 0 Å². The predicted molar refractivity (Wildman–Crippen MR) is 122 cm³/mol. The molecule has 7 nitrogen and oxygen atoms in total. The number of carboxylic acid groups (broad SMARTS) is 1. The molecule has 4 rings (SSSR count). The summed E-state index contributed by atoms with van der Waals surface area (Å²) in [4.78, 5) is 38.2. The van der Waals surface area contributed by atoms with E-state index in [1.165, 1.54) is 22.7 Å². The monoisotopic (exact) mass is 452 g/mol. The first-order valence-corrected chi connectivity index (χ1v) is 11.5. The number of hydrogen-bond donors (Lipinski definition) is 2. The van der Waals surface area contributed by atoms with E-state index in [1.807, 2.05) is 36.4 Å². The summed E-state index contributed by atoms with van der Waals surface area (Å²) < 4.78 is 5.53. The number of benzene rings is 2. The Morgan fingerprint density at radius 1 is 1.16 bits per heavy atom. The van der Waals surface area contributed by atoms with Gasteiger partial charge in [0.15, 0.2) is 0 Å². The molecule has 1 heterocycles. The van der Waals surface area contributed by atoms with Gasteiger partial charge in [0.2, 0.25) is 5.91 Å². The van der Waals surface area contributed by atoms with Gasteiger partial charge in [0, 0.05) is 11.7 Å². The van der Waals surface area contributed by atoms with Crippen LogP contribution in [0.5, 0.6) is 0 Å². The SMILES string of the molecule is C=CCC(NC(=O)OCC1c2ccccc2-c2ccccc21)C(=O)N1CSC[C@H]1C(=O)O. The number of nitrogens with zero attached hydrogens (tertiary/aromatic N) is 1. The summed E-state index contributed by atoms with van der Waals surface area (Å²) in [7, 11) is 0. The molecule has 0 bridgehead atoms. The van der Waals surface area contributed by atoms with E-state index in [1.54, 1.807) is 0 Å². The molecule has 0 spiro atoms. The van der Waals surface area contributed by atoms with Crippen molar-refractivity contribution in [3.05, 3.63) is 72.3 Å². The summed E-state index contributed by atoms with van der Waals surface area (Å²) in [6, 6.07) is 14.2. The molecule has 166 valence electrons. The molecule has 0 saturated carbocycles. The molecule has 1 aliphatic heterocycles. The van der Waals surface area contributed by atoms with Gasteiger partial charge in [-0.15, -0.1) is 18.3 Å². The predicted octanol–water partition coefficient (Wildman–Crippen LogP) is 3.46. The fraction of sp³-hybridized carbons (Fsp3) is 0.292. The summed E-state index contributed by atoms with van der Waals surface area (Å²) in [5, 5.41) is 12.0. The molecular weight excluding hydrogens is 428 g/mol. The molecular formula is C24H24N2O5S. The van der Waals surface area contributed by atoms with Gasteiger partial charge in [-0.1, -0.05) is 54.6 Å². The fourth-order valence-corrected chi connectivity index (χ4v) is 5.39. The second-order valence-corrected chi connectivity index (χ2v) is 8.71. The van der Waals surface area contributed by atoms with E-state index < -0.39 is 30.1 Å². The Morgan fingerprint density at radius 3 is 2.38 bits per heavy atom. The van der Waals surface area contributed by atoms with Crippen LogP contribution in [-0.2, 0) is 14.3 Å². The number of fused-ring (bicyclic) bond motifs is 3. The van der Waals surface area contributed by atoms with Crippen molar-refractivity contribution >= 4 is 29.7 Å². The number of ether oxygens (including phenoxy) is 1. The van der Waals surface area contributed by atoms with Crippen molar-refractivity contribution in [1.82, 2.24) is 10.2 Å². The number of thioether (sulfide) groups is 1. The molecule has 0 radical (unpaired) electrons. The van der Waals surface area contributed by atoms with Gasteiger partial charge in [-0.3, -0.25) is 4.79 Å². The van der Waals surface area contributed by atoms with E-state index in [2.05, 4.69) is 24.0 Å². The summed E-state index contributed by atoms with van der Waals surface area (Å²) in [5.41, 5.74) is 4.45. The highest BCUT2D eigenvalue weighted by molar-refractivity contribution is 7.99. The molecule has 2 amide bonds. The van der Waals surface area contributed by atoms with Gasteiger partial charge >= 0.3 is 12.1 Å². The van der Waals surface area contributed by atoms with Crippen LogP contribution in [0.15, 0.2) is 61.2 Å². The van der Waals surface area contributed by atoms with Crippen molar-refractivity contribution < 1.29 is 24.2 Å². The molecule has 1 aliphatic carbocycles. The van der Waals surface area contributed by atoms with Crippen LogP contribution < -0.4 is 5.32 Å². The Balaban J connectivity index is 1.43. The van der Waals surface area contributed by atoms with E-state index in [0.717, 1.165) is 22.3 Å². The summed E-state index contributed by atoms with van der Waals surface area (Å²) in [6.45, 7) is 3.78. The van der Waals surface area contributed by atoms with E-state index in [9.17, 15) is 19.5 Å². The molecule has 0 aromatic heterocycles. The molecule has 2 N–H and O–H groups in total. The van der Waals surface area contributed by atoms with Crippen molar-refractivity contribution in [3.63, 3.8) is 0 Å². The van der Waals surface area contributed by atoms with Crippen LogP contribution in [0.25, 0.3) is 11.1 Å². The zero-order valence-corrected chi connectivity index (χ0v) is 18.2. The number of carbonyl (C=O) groups excluding carboxylic acids is 2. The van der Waals surface area contributed by atoms with Crippen LogP contribution in [0.4, 0.5) is 4.79 Å². The maximum atomic E-state index is 12.9. The second-order valence-electron chi connectivity index (χ2n) is 7.71.